The second-order valence-electron chi connectivity index (χ2n) is 5.63. The van der Waals surface area contributed by atoms with E-state index in [1.54, 1.807) is 5.32 Å². The fraction of sp³-hybridized carbons (Fsp3) is 0.714. The number of primary amides is 2. The molecule has 0 aromatic carbocycles. The predicted octanol–water partition coefficient (Wildman–Crippen LogP) is -1.68. The first-order valence-electron chi connectivity index (χ1n) is 8.36. The summed E-state index contributed by atoms with van der Waals surface area (Å²) in [5.41, 5.74) is 8.88. The molecule has 3 aliphatic rings. The Kier molecular flexibility index (Phi) is 10.5. The Morgan fingerprint density at radius 2 is 1.19 bits per heavy atom. The number of ether oxygens (including phenoxy) is 3. The number of amides is 8. The van der Waals surface area contributed by atoms with Gasteiger partial charge in [0.05, 0.1) is 25.4 Å². The van der Waals surface area contributed by atoms with Crippen molar-refractivity contribution < 1.29 is 33.4 Å². The average molecular weight is 390 g/mol. The fourth-order valence-corrected chi connectivity index (χ4v) is 1.61. The molecule has 3 rings (SSSR count). The van der Waals surface area contributed by atoms with Gasteiger partial charge in [-0.15, -0.1) is 0 Å². The first kappa shape index (κ1) is 22.4. The Hall–Kier alpha value is -2.64. The highest BCUT2D eigenvalue weighted by molar-refractivity contribution is 5.93. The first-order chi connectivity index (χ1) is 12.9. The van der Waals surface area contributed by atoms with Gasteiger partial charge in [-0.05, 0) is 12.8 Å². The van der Waals surface area contributed by atoms with Gasteiger partial charge in [-0.25, -0.2) is 19.2 Å². The molecule has 3 heterocycles. The van der Waals surface area contributed by atoms with Crippen LogP contribution in [-0.2, 0) is 14.2 Å². The van der Waals surface area contributed by atoms with Gasteiger partial charge in [0, 0.05) is 26.3 Å². The summed E-state index contributed by atoms with van der Waals surface area (Å²) in [4.78, 5) is 41.4. The van der Waals surface area contributed by atoms with E-state index in [1.807, 2.05) is 0 Å². The number of nitrogens with one attached hydrogen (secondary N) is 4. The van der Waals surface area contributed by atoms with Crippen molar-refractivity contribution in [1.82, 2.24) is 21.3 Å². The van der Waals surface area contributed by atoms with E-state index >= 15 is 0 Å². The molecular formula is C14H26N6O7. The number of carbonyl (C=O) groups is 4. The standard InChI is InChI=1S/C8H13N3O4.C4H8O.C2H5N3O2/c12-7(9-1-5-3-14-5)11-8(13)10-2-6-4-15-6;1-2-4-5-3-1;3-1(6)5-2(4)7/h5-6H,1-4H2,(H3,9,10,11,12,13);1-4H2;(H5,3,4,5,6,7). The van der Waals surface area contributed by atoms with Gasteiger partial charge in [0.2, 0.25) is 0 Å². The SMILES string of the molecule is C1CCOC1.NC(=O)NC(N)=O.O=C(NCC1CO1)NC(=O)NCC1CO1. The van der Waals surface area contributed by atoms with E-state index in [1.165, 1.54) is 12.8 Å². The van der Waals surface area contributed by atoms with Gasteiger partial charge in [0.1, 0.15) is 0 Å². The van der Waals surface area contributed by atoms with Crippen molar-refractivity contribution in [3.8, 4) is 0 Å². The quantitative estimate of drug-likeness (QED) is 0.307. The summed E-state index contributed by atoms with van der Waals surface area (Å²) in [6.07, 6.45) is 2.78. The monoisotopic (exact) mass is 390 g/mol. The maximum atomic E-state index is 11.1. The van der Waals surface area contributed by atoms with Gasteiger partial charge in [-0.1, -0.05) is 0 Å². The van der Waals surface area contributed by atoms with Crippen LogP contribution in [0.25, 0.3) is 0 Å². The zero-order chi connectivity index (χ0) is 20.1. The van der Waals surface area contributed by atoms with E-state index in [4.69, 9.17) is 14.2 Å². The topological polar surface area (TPSA) is 203 Å². The lowest BCUT2D eigenvalue weighted by molar-refractivity contribution is 0.198. The molecule has 154 valence electrons. The summed E-state index contributed by atoms with van der Waals surface area (Å²) >= 11 is 0. The molecule has 2 unspecified atom stereocenters. The summed E-state index contributed by atoms with van der Waals surface area (Å²) < 4.78 is 14.7. The number of nitrogens with two attached hydrogens (primary N) is 2. The zero-order valence-electron chi connectivity index (χ0n) is 14.8. The molecule has 0 aromatic rings. The molecule has 0 saturated carbocycles. The third kappa shape index (κ3) is 15.3. The molecule has 8 N–H and O–H groups in total. The smallest absolute Gasteiger partial charge is 0.322 e. The summed E-state index contributed by atoms with van der Waals surface area (Å²) in [6.45, 7) is 4.21. The number of hydrogen-bond acceptors (Lipinski definition) is 7. The Morgan fingerprint density at radius 1 is 0.778 bits per heavy atom. The summed E-state index contributed by atoms with van der Waals surface area (Å²) in [7, 11) is 0. The van der Waals surface area contributed by atoms with Gasteiger partial charge < -0.3 is 36.3 Å². The number of carbonyl (C=O) groups excluding carboxylic acids is 4. The highest BCUT2D eigenvalue weighted by Crippen LogP contribution is 2.06. The predicted molar refractivity (Wildman–Crippen MR) is 91.8 cm³/mol. The van der Waals surface area contributed by atoms with Crippen LogP contribution in [0.2, 0.25) is 0 Å². The maximum absolute atomic E-state index is 11.1. The molecule has 0 bridgehead atoms. The van der Waals surface area contributed by atoms with Crippen molar-refractivity contribution in [2.24, 2.45) is 11.5 Å². The zero-order valence-corrected chi connectivity index (χ0v) is 14.8. The van der Waals surface area contributed by atoms with Crippen molar-refractivity contribution in [2.75, 3.05) is 39.5 Å². The lowest BCUT2D eigenvalue weighted by atomic mass is 10.4. The number of epoxide rings is 2. The van der Waals surface area contributed by atoms with Crippen LogP contribution in [-0.4, -0.2) is 75.8 Å². The number of imide groups is 2. The Labute approximate surface area is 155 Å². The summed E-state index contributed by atoms with van der Waals surface area (Å²) in [5, 5.41) is 8.74. The molecule has 3 saturated heterocycles. The normalized spacial score (nSPS) is 21.2. The van der Waals surface area contributed by atoms with Gasteiger partial charge in [0.25, 0.3) is 0 Å². The molecule has 0 aromatic heterocycles. The van der Waals surface area contributed by atoms with Crippen LogP contribution in [0.3, 0.4) is 0 Å². The Balaban J connectivity index is 0.000000251. The minimum atomic E-state index is -0.938. The fourth-order valence-electron chi connectivity index (χ4n) is 1.61. The lowest BCUT2D eigenvalue weighted by Gasteiger charge is -2.05. The largest absolute Gasteiger partial charge is 0.381 e. The third-order valence-corrected chi connectivity index (χ3v) is 3.09. The lowest BCUT2D eigenvalue weighted by Crippen LogP contribution is -2.46. The van der Waals surface area contributed by atoms with Crippen LogP contribution < -0.4 is 32.7 Å². The molecule has 13 heteroatoms. The molecule has 0 radical (unpaired) electrons. The minimum Gasteiger partial charge on any atom is -0.381 e. The summed E-state index contributed by atoms with van der Waals surface area (Å²) in [6, 6.07) is -2.90. The minimum absolute atomic E-state index is 0.110. The number of hydrogen-bond donors (Lipinski definition) is 6. The van der Waals surface area contributed by atoms with E-state index in [0.29, 0.717) is 26.3 Å². The molecule has 2 atom stereocenters. The van der Waals surface area contributed by atoms with Gasteiger partial charge >= 0.3 is 24.1 Å². The average Bonchev–Trinajstić information content (AvgIpc) is 3.51. The molecule has 8 amide bonds. The van der Waals surface area contributed by atoms with Crippen molar-refractivity contribution in [3.05, 3.63) is 0 Å². The van der Waals surface area contributed by atoms with Gasteiger partial charge in [0.15, 0.2) is 0 Å². The first-order valence-corrected chi connectivity index (χ1v) is 8.36. The molecule has 13 nitrogen and oxygen atoms in total. The van der Waals surface area contributed by atoms with E-state index in [9.17, 15) is 19.2 Å². The van der Waals surface area contributed by atoms with E-state index < -0.39 is 24.1 Å². The molecule has 27 heavy (non-hydrogen) atoms. The highest BCUT2D eigenvalue weighted by Gasteiger charge is 2.24. The molecule has 0 spiro atoms. The molecule has 3 aliphatic heterocycles. The van der Waals surface area contributed by atoms with Crippen molar-refractivity contribution in [3.63, 3.8) is 0 Å². The van der Waals surface area contributed by atoms with Crippen LogP contribution in [0.5, 0.6) is 0 Å². The van der Waals surface area contributed by atoms with Crippen LogP contribution in [0.15, 0.2) is 0 Å². The third-order valence-electron chi connectivity index (χ3n) is 3.09. The van der Waals surface area contributed by atoms with E-state index in [0.717, 1.165) is 13.2 Å². The second-order valence-corrected chi connectivity index (χ2v) is 5.63. The van der Waals surface area contributed by atoms with E-state index in [-0.39, 0.29) is 12.2 Å². The summed E-state index contributed by atoms with van der Waals surface area (Å²) in [5.74, 6) is 0. The highest BCUT2D eigenvalue weighted by atomic mass is 16.6. The van der Waals surface area contributed by atoms with Crippen molar-refractivity contribution >= 4 is 24.1 Å². The van der Waals surface area contributed by atoms with Gasteiger partial charge in [-0.2, -0.15) is 0 Å². The van der Waals surface area contributed by atoms with Crippen molar-refractivity contribution in [1.29, 1.82) is 0 Å². The Morgan fingerprint density at radius 3 is 1.41 bits per heavy atom. The number of rotatable bonds is 4. The van der Waals surface area contributed by atoms with Crippen LogP contribution >= 0.6 is 0 Å². The molecule has 3 fully saturated rings. The van der Waals surface area contributed by atoms with Crippen LogP contribution in [0.1, 0.15) is 12.8 Å². The van der Waals surface area contributed by atoms with E-state index in [2.05, 4.69) is 27.4 Å². The Bertz CT molecular complexity index is 461. The van der Waals surface area contributed by atoms with Crippen molar-refractivity contribution in [2.45, 2.75) is 25.0 Å². The maximum Gasteiger partial charge on any atom is 0.322 e. The second kappa shape index (κ2) is 12.7. The molecular weight excluding hydrogens is 364 g/mol. The van der Waals surface area contributed by atoms with Gasteiger partial charge in [-0.3, -0.25) is 10.6 Å². The van der Waals surface area contributed by atoms with Crippen LogP contribution in [0, 0.1) is 0 Å². The number of urea groups is 4. The molecule has 0 aliphatic carbocycles. The van der Waals surface area contributed by atoms with Crippen LogP contribution in [0.4, 0.5) is 19.2 Å².